The summed E-state index contributed by atoms with van der Waals surface area (Å²) in [4.78, 5) is 4.36. The lowest BCUT2D eigenvalue weighted by molar-refractivity contribution is 0.127. The van der Waals surface area contributed by atoms with Gasteiger partial charge in [0.1, 0.15) is 0 Å². The largest absolute Gasteiger partial charge is 0.396 e. The normalized spacial score (nSPS) is 11.7. The second-order valence-corrected chi connectivity index (χ2v) is 5.09. The molecule has 2 aromatic rings. The molecule has 3 heteroatoms. The number of rotatable bonds is 6. The predicted molar refractivity (Wildman–Crippen MR) is 80.3 cm³/mol. The minimum absolute atomic E-state index is 0.0373. The van der Waals surface area contributed by atoms with Gasteiger partial charge in [0.05, 0.1) is 12.1 Å². The van der Waals surface area contributed by atoms with Gasteiger partial charge in [-0.25, -0.2) is 0 Å². The van der Waals surface area contributed by atoms with Crippen LogP contribution in [0.1, 0.15) is 26.7 Å². The summed E-state index contributed by atoms with van der Waals surface area (Å²) in [5, 5.41) is 14.2. The minimum atomic E-state index is -0.0373. The molecule has 0 spiro atoms. The monoisotopic (exact) mass is 258 g/mol. The van der Waals surface area contributed by atoms with Crippen molar-refractivity contribution in [2.45, 2.75) is 26.7 Å². The number of benzene rings is 1. The van der Waals surface area contributed by atoms with E-state index in [-0.39, 0.29) is 12.0 Å². The fourth-order valence-corrected chi connectivity index (χ4v) is 2.32. The number of aliphatic hydroxyl groups excluding tert-OH is 1. The van der Waals surface area contributed by atoms with Gasteiger partial charge < -0.3 is 10.4 Å². The Kier molecular flexibility index (Phi) is 4.38. The summed E-state index contributed by atoms with van der Waals surface area (Å²) < 4.78 is 0. The molecular formula is C16H22N2O. The van der Waals surface area contributed by atoms with E-state index in [0.717, 1.165) is 36.0 Å². The molecule has 0 aliphatic carbocycles. The van der Waals surface area contributed by atoms with Gasteiger partial charge in [0.15, 0.2) is 0 Å². The summed E-state index contributed by atoms with van der Waals surface area (Å²) in [5.74, 6) is 0. The van der Waals surface area contributed by atoms with E-state index < -0.39 is 0 Å². The Bertz CT molecular complexity index is 522. The maximum atomic E-state index is 9.62. The zero-order valence-corrected chi connectivity index (χ0v) is 11.7. The molecule has 1 heterocycles. The highest BCUT2D eigenvalue weighted by Gasteiger charge is 2.24. The van der Waals surface area contributed by atoms with Crippen molar-refractivity contribution >= 4 is 16.6 Å². The fourth-order valence-electron chi connectivity index (χ4n) is 2.32. The first-order valence-corrected chi connectivity index (χ1v) is 6.93. The molecule has 0 aliphatic rings. The second-order valence-electron chi connectivity index (χ2n) is 5.09. The van der Waals surface area contributed by atoms with Gasteiger partial charge in [-0.2, -0.15) is 0 Å². The molecule has 19 heavy (non-hydrogen) atoms. The Labute approximate surface area is 114 Å². The van der Waals surface area contributed by atoms with Crippen molar-refractivity contribution in [1.82, 2.24) is 4.98 Å². The highest BCUT2D eigenvalue weighted by molar-refractivity contribution is 5.91. The van der Waals surface area contributed by atoms with Gasteiger partial charge in [0.25, 0.3) is 0 Å². The van der Waals surface area contributed by atoms with Crippen LogP contribution in [0.3, 0.4) is 0 Å². The first-order valence-electron chi connectivity index (χ1n) is 6.93. The van der Waals surface area contributed by atoms with Crippen LogP contribution in [0.4, 0.5) is 5.69 Å². The maximum absolute atomic E-state index is 9.62. The molecule has 0 amide bonds. The first-order chi connectivity index (χ1) is 9.24. The van der Waals surface area contributed by atoms with Gasteiger partial charge in [-0.3, -0.25) is 4.98 Å². The number of nitrogens with zero attached hydrogens (tertiary/aromatic N) is 1. The van der Waals surface area contributed by atoms with Gasteiger partial charge in [-0.05, 0) is 37.1 Å². The zero-order valence-electron chi connectivity index (χ0n) is 11.7. The van der Waals surface area contributed by atoms with Crippen molar-refractivity contribution in [2.24, 2.45) is 5.41 Å². The van der Waals surface area contributed by atoms with E-state index in [4.69, 9.17) is 0 Å². The number of aliphatic hydroxyl groups is 1. The SMILES string of the molecule is CCC(CC)(CO)CNc1cccc2ncccc12. The quantitative estimate of drug-likeness (QED) is 0.834. The lowest BCUT2D eigenvalue weighted by atomic mass is 9.83. The Morgan fingerprint density at radius 3 is 2.63 bits per heavy atom. The summed E-state index contributed by atoms with van der Waals surface area (Å²) in [5.41, 5.74) is 2.05. The van der Waals surface area contributed by atoms with Crippen LogP contribution in [-0.2, 0) is 0 Å². The Morgan fingerprint density at radius 1 is 1.16 bits per heavy atom. The summed E-state index contributed by atoms with van der Waals surface area (Å²) in [7, 11) is 0. The van der Waals surface area contributed by atoms with Crippen molar-refractivity contribution in [1.29, 1.82) is 0 Å². The smallest absolute Gasteiger partial charge is 0.0722 e. The predicted octanol–water partition coefficient (Wildman–Crippen LogP) is 3.45. The van der Waals surface area contributed by atoms with Gasteiger partial charge in [-0.1, -0.05) is 19.9 Å². The molecule has 0 atom stereocenters. The summed E-state index contributed by atoms with van der Waals surface area (Å²) in [6.45, 7) is 5.26. The molecule has 2 N–H and O–H groups in total. The maximum Gasteiger partial charge on any atom is 0.0722 e. The molecule has 2 rings (SSSR count). The topological polar surface area (TPSA) is 45.1 Å². The molecule has 0 unspecified atom stereocenters. The average molecular weight is 258 g/mol. The van der Waals surface area contributed by atoms with Crippen LogP contribution < -0.4 is 5.32 Å². The molecule has 0 bridgehead atoms. The summed E-state index contributed by atoms with van der Waals surface area (Å²) >= 11 is 0. The third-order valence-electron chi connectivity index (χ3n) is 4.13. The standard InChI is InChI=1S/C16H22N2O/c1-3-16(4-2,12-19)11-18-15-9-5-8-14-13(15)7-6-10-17-14/h5-10,18-19H,3-4,11-12H2,1-2H3. The lowest BCUT2D eigenvalue weighted by Gasteiger charge is -2.30. The van der Waals surface area contributed by atoms with Crippen molar-refractivity contribution < 1.29 is 5.11 Å². The molecule has 0 fully saturated rings. The average Bonchev–Trinajstić information content (AvgIpc) is 2.49. The van der Waals surface area contributed by atoms with Crippen LogP contribution in [-0.4, -0.2) is 23.2 Å². The first kappa shape index (κ1) is 13.8. The molecule has 102 valence electrons. The van der Waals surface area contributed by atoms with E-state index in [0.29, 0.717) is 0 Å². The highest BCUT2D eigenvalue weighted by Crippen LogP contribution is 2.28. The van der Waals surface area contributed by atoms with E-state index in [1.807, 2.05) is 24.4 Å². The molecular weight excluding hydrogens is 236 g/mol. The van der Waals surface area contributed by atoms with E-state index in [2.05, 4.69) is 36.3 Å². The zero-order chi connectivity index (χ0) is 13.7. The molecule has 3 nitrogen and oxygen atoms in total. The van der Waals surface area contributed by atoms with Crippen molar-refractivity contribution in [2.75, 3.05) is 18.5 Å². The number of nitrogens with one attached hydrogen (secondary N) is 1. The lowest BCUT2D eigenvalue weighted by Crippen LogP contribution is -2.32. The molecule has 1 aromatic heterocycles. The van der Waals surface area contributed by atoms with Crippen LogP contribution in [0.5, 0.6) is 0 Å². The summed E-state index contributed by atoms with van der Waals surface area (Å²) in [6, 6.07) is 10.1. The van der Waals surface area contributed by atoms with Crippen LogP contribution >= 0.6 is 0 Å². The minimum Gasteiger partial charge on any atom is -0.396 e. The number of hydrogen-bond acceptors (Lipinski definition) is 3. The molecule has 0 aliphatic heterocycles. The number of anilines is 1. The highest BCUT2D eigenvalue weighted by atomic mass is 16.3. The molecule has 0 saturated carbocycles. The summed E-state index contributed by atoms with van der Waals surface area (Å²) in [6.07, 6.45) is 3.74. The van der Waals surface area contributed by atoms with Gasteiger partial charge in [0.2, 0.25) is 0 Å². The van der Waals surface area contributed by atoms with Gasteiger partial charge >= 0.3 is 0 Å². The van der Waals surface area contributed by atoms with Crippen molar-refractivity contribution in [3.8, 4) is 0 Å². The van der Waals surface area contributed by atoms with E-state index >= 15 is 0 Å². The Balaban J connectivity index is 2.22. The number of hydrogen-bond donors (Lipinski definition) is 2. The van der Waals surface area contributed by atoms with Crippen molar-refractivity contribution in [3.05, 3.63) is 36.5 Å². The number of pyridine rings is 1. The van der Waals surface area contributed by atoms with Gasteiger partial charge in [0, 0.05) is 29.2 Å². The third-order valence-corrected chi connectivity index (χ3v) is 4.13. The van der Waals surface area contributed by atoms with Crippen LogP contribution in [0.15, 0.2) is 36.5 Å². The second kappa shape index (κ2) is 6.02. The number of fused-ring (bicyclic) bond motifs is 1. The van der Waals surface area contributed by atoms with Gasteiger partial charge in [-0.15, -0.1) is 0 Å². The Morgan fingerprint density at radius 2 is 1.95 bits per heavy atom. The Hall–Kier alpha value is -1.61. The van der Waals surface area contributed by atoms with Crippen LogP contribution in [0.2, 0.25) is 0 Å². The molecule has 1 aromatic carbocycles. The van der Waals surface area contributed by atoms with Crippen LogP contribution in [0.25, 0.3) is 10.9 Å². The molecule has 0 saturated heterocycles. The van der Waals surface area contributed by atoms with Crippen LogP contribution in [0, 0.1) is 5.41 Å². The fraction of sp³-hybridized carbons (Fsp3) is 0.438. The van der Waals surface area contributed by atoms with E-state index in [9.17, 15) is 5.11 Å². The van der Waals surface area contributed by atoms with E-state index in [1.165, 1.54) is 0 Å². The van der Waals surface area contributed by atoms with E-state index in [1.54, 1.807) is 0 Å². The number of aromatic nitrogens is 1. The van der Waals surface area contributed by atoms with Crippen molar-refractivity contribution in [3.63, 3.8) is 0 Å². The molecule has 0 radical (unpaired) electrons. The third kappa shape index (κ3) is 2.87.